The molecule has 0 saturated carbocycles. The van der Waals surface area contributed by atoms with Crippen LogP contribution in [0.3, 0.4) is 0 Å². The highest BCUT2D eigenvalue weighted by Crippen LogP contribution is 2.18. The quantitative estimate of drug-likeness (QED) is 0.485. The van der Waals surface area contributed by atoms with Crippen molar-refractivity contribution in [3.05, 3.63) is 9.66 Å². The molecule has 0 spiro atoms. The second-order valence-corrected chi connectivity index (χ2v) is 4.52. The predicted octanol–water partition coefficient (Wildman–Crippen LogP) is 2.36. The van der Waals surface area contributed by atoms with Crippen LogP contribution in [0.4, 0.5) is 0 Å². The molecule has 0 aromatic heterocycles. The van der Waals surface area contributed by atoms with E-state index in [1.807, 2.05) is 0 Å². The largest absolute Gasteiger partial charge is 0.243 e. The zero-order valence-electron chi connectivity index (χ0n) is 4.40. The highest BCUT2D eigenvalue weighted by molar-refractivity contribution is 14.1. The lowest BCUT2D eigenvalue weighted by Gasteiger charge is -2.16. The van der Waals surface area contributed by atoms with Gasteiger partial charge in [0.2, 0.25) is 0 Å². The molecule has 0 saturated heterocycles. The molecule has 0 amide bonds. The van der Waals surface area contributed by atoms with Gasteiger partial charge in [-0.3, -0.25) is 0 Å². The van der Waals surface area contributed by atoms with E-state index >= 15 is 0 Å². The van der Waals surface area contributed by atoms with Crippen molar-refractivity contribution in [1.82, 2.24) is 3.11 Å². The van der Waals surface area contributed by atoms with E-state index in [1.54, 1.807) is 0 Å². The average molecular weight is 335 g/mol. The van der Waals surface area contributed by atoms with Crippen LogP contribution in [0.15, 0.2) is 9.66 Å². The summed E-state index contributed by atoms with van der Waals surface area (Å²) in [5.41, 5.74) is 0. The van der Waals surface area contributed by atoms with Crippen molar-refractivity contribution in [3.8, 4) is 0 Å². The summed E-state index contributed by atoms with van der Waals surface area (Å²) >= 11 is 4.75. The molecule has 0 fully saturated rings. The van der Waals surface area contributed by atoms with Crippen LogP contribution in [0.25, 0.3) is 0 Å². The smallest absolute Gasteiger partial charge is 0.0272 e. The summed E-state index contributed by atoms with van der Waals surface area (Å²) in [4.78, 5) is 0. The van der Waals surface area contributed by atoms with E-state index in [-0.39, 0.29) is 0 Å². The fourth-order valence-corrected chi connectivity index (χ4v) is 1.50. The van der Waals surface area contributed by atoms with Crippen LogP contribution in [0.5, 0.6) is 0 Å². The van der Waals surface area contributed by atoms with Gasteiger partial charge < -0.3 is 0 Å². The third kappa shape index (κ3) is 2.18. The first-order chi connectivity index (χ1) is 3.79. The van der Waals surface area contributed by atoms with Gasteiger partial charge in [0.05, 0.1) is 0 Å². The van der Waals surface area contributed by atoms with Crippen molar-refractivity contribution in [2.24, 2.45) is 0 Å². The van der Waals surface area contributed by atoms with Crippen LogP contribution < -0.4 is 0 Å². The van der Waals surface area contributed by atoms with Gasteiger partial charge in [-0.25, -0.2) is 3.11 Å². The lowest BCUT2D eigenvalue weighted by Crippen LogP contribution is -2.16. The van der Waals surface area contributed by atoms with Gasteiger partial charge in [0.15, 0.2) is 0 Å². The maximum atomic E-state index is 2.40. The number of halogens is 2. The fraction of sp³-hybridized carbons (Fsp3) is 0.600. The minimum absolute atomic E-state index is 1.12. The maximum absolute atomic E-state index is 2.40. The Bertz CT molecular complexity index is 111. The van der Waals surface area contributed by atoms with Gasteiger partial charge in [-0.1, -0.05) is 6.08 Å². The summed E-state index contributed by atoms with van der Waals surface area (Å²) in [6.07, 6.45) is 3.51. The molecular formula is C5H7I2N. The SMILES string of the molecule is IC1=CCN(I)CC1. The Morgan fingerprint density at radius 2 is 2.38 bits per heavy atom. The average Bonchev–Trinajstić information content (AvgIpc) is 1.77. The van der Waals surface area contributed by atoms with Crippen molar-refractivity contribution in [2.45, 2.75) is 6.42 Å². The van der Waals surface area contributed by atoms with Gasteiger partial charge in [-0.05, 0) is 32.6 Å². The molecular weight excluding hydrogens is 328 g/mol. The van der Waals surface area contributed by atoms with Crippen LogP contribution in [0.2, 0.25) is 0 Å². The van der Waals surface area contributed by atoms with E-state index in [0.717, 1.165) is 6.54 Å². The lowest BCUT2D eigenvalue weighted by molar-refractivity contribution is 0.549. The van der Waals surface area contributed by atoms with E-state index in [9.17, 15) is 0 Å². The Balaban J connectivity index is 2.42. The Morgan fingerprint density at radius 1 is 1.62 bits per heavy atom. The number of rotatable bonds is 0. The summed E-state index contributed by atoms with van der Waals surface area (Å²) in [7, 11) is 0. The Morgan fingerprint density at radius 3 is 2.75 bits per heavy atom. The standard InChI is InChI=1S/C5H7I2N/c6-5-1-3-8(7)4-2-5/h1H,2-4H2. The normalized spacial score (nSPS) is 23.0. The molecule has 0 aromatic carbocycles. The van der Waals surface area contributed by atoms with E-state index in [2.05, 4.69) is 54.6 Å². The summed E-state index contributed by atoms with van der Waals surface area (Å²) in [6.45, 7) is 2.34. The Hall–Kier alpha value is 1.16. The van der Waals surface area contributed by atoms with Crippen LogP contribution in [-0.4, -0.2) is 16.2 Å². The van der Waals surface area contributed by atoms with Gasteiger partial charge in [-0.2, -0.15) is 0 Å². The molecule has 1 rings (SSSR count). The Labute approximate surface area is 77.1 Å². The molecule has 0 bridgehead atoms. The number of hydrogen-bond acceptors (Lipinski definition) is 1. The van der Waals surface area contributed by atoms with Gasteiger partial charge in [-0.15, -0.1) is 0 Å². The van der Waals surface area contributed by atoms with Gasteiger partial charge in [0, 0.05) is 36.0 Å². The second kappa shape index (κ2) is 3.36. The fourth-order valence-electron chi connectivity index (χ4n) is 0.620. The highest BCUT2D eigenvalue weighted by Gasteiger charge is 2.04. The van der Waals surface area contributed by atoms with Crippen molar-refractivity contribution in [1.29, 1.82) is 0 Å². The number of hydrogen-bond donors (Lipinski definition) is 0. The summed E-state index contributed by atoms with van der Waals surface area (Å²) in [5, 5.41) is 0. The maximum Gasteiger partial charge on any atom is 0.0272 e. The molecule has 46 valence electrons. The van der Waals surface area contributed by atoms with E-state index in [0.29, 0.717) is 0 Å². The van der Waals surface area contributed by atoms with Crippen molar-refractivity contribution < 1.29 is 0 Å². The van der Waals surface area contributed by atoms with Crippen LogP contribution in [-0.2, 0) is 0 Å². The second-order valence-electron chi connectivity index (χ2n) is 1.77. The first-order valence-electron chi connectivity index (χ1n) is 2.54. The third-order valence-electron chi connectivity index (χ3n) is 1.10. The molecule has 1 aliphatic rings. The van der Waals surface area contributed by atoms with Crippen molar-refractivity contribution in [3.63, 3.8) is 0 Å². The van der Waals surface area contributed by atoms with Crippen molar-refractivity contribution in [2.75, 3.05) is 13.1 Å². The first kappa shape index (κ1) is 7.27. The molecule has 0 atom stereocenters. The molecule has 0 N–H and O–H groups in total. The zero-order valence-corrected chi connectivity index (χ0v) is 8.72. The molecule has 1 heterocycles. The highest BCUT2D eigenvalue weighted by atomic mass is 127. The molecule has 0 aromatic rings. The van der Waals surface area contributed by atoms with E-state index < -0.39 is 0 Å². The molecule has 8 heavy (non-hydrogen) atoms. The minimum Gasteiger partial charge on any atom is -0.243 e. The topological polar surface area (TPSA) is 3.24 Å². The van der Waals surface area contributed by atoms with Gasteiger partial charge in [0.25, 0.3) is 0 Å². The van der Waals surface area contributed by atoms with Gasteiger partial charge >= 0.3 is 0 Å². The van der Waals surface area contributed by atoms with Crippen molar-refractivity contribution >= 4 is 45.5 Å². The minimum atomic E-state index is 1.12. The third-order valence-corrected chi connectivity index (χ3v) is 2.96. The Kier molecular flexibility index (Phi) is 3.05. The number of nitrogens with zero attached hydrogens (tertiary/aromatic N) is 1. The molecule has 0 unspecified atom stereocenters. The van der Waals surface area contributed by atoms with Gasteiger partial charge in [0.1, 0.15) is 0 Å². The molecule has 0 aliphatic carbocycles. The predicted molar refractivity (Wildman–Crippen MR) is 52.3 cm³/mol. The zero-order chi connectivity index (χ0) is 5.98. The first-order valence-corrected chi connectivity index (χ1v) is 4.58. The van der Waals surface area contributed by atoms with Crippen LogP contribution in [0, 0.1) is 0 Å². The summed E-state index contributed by atoms with van der Waals surface area (Å²) in [5.74, 6) is 0. The van der Waals surface area contributed by atoms with Crippen LogP contribution in [0.1, 0.15) is 6.42 Å². The monoisotopic (exact) mass is 335 g/mol. The molecule has 3 heteroatoms. The molecule has 1 nitrogen and oxygen atoms in total. The van der Waals surface area contributed by atoms with E-state index in [1.165, 1.54) is 16.5 Å². The van der Waals surface area contributed by atoms with Crippen LogP contribution >= 0.6 is 45.5 Å². The summed E-state index contributed by atoms with van der Waals surface area (Å²) < 4.78 is 3.80. The lowest BCUT2D eigenvalue weighted by atomic mass is 10.3. The van der Waals surface area contributed by atoms with E-state index in [4.69, 9.17) is 0 Å². The summed E-state index contributed by atoms with van der Waals surface area (Å²) in [6, 6.07) is 0. The molecule has 1 aliphatic heterocycles. The molecule has 0 radical (unpaired) electrons.